The van der Waals surface area contributed by atoms with E-state index in [2.05, 4.69) is 25.6 Å². The van der Waals surface area contributed by atoms with Crippen LogP contribution >= 0.6 is 0 Å². The zero-order valence-corrected chi connectivity index (χ0v) is 25.9. The van der Waals surface area contributed by atoms with Gasteiger partial charge in [0.15, 0.2) is 5.43 Å². The minimum atomic E-state index is -0.430. The van der Waals surface area contributed by atoms with Crippen LogP contribution in [0.15, 0.2) is 47.5 Å². The third kappa shape index (κ3) is 7.14. The zero-order valence-electron chi connectivity index (χ0n) is 23.0. The van der Waals surface area contributed by atoms with Crippen LogP contribution in [0.4, 0.5) is 8.78 Å². The van der Waals surface area contributed by atoms with Crippen molar-refractivity contribution in [2.45, 2.75) is 62.7 Å². The van der Waals surface area contributed by atoms with Crippen molar-refractivity contribution in [3.8, 4) is 11.4 Å². The minimum absolute atomic E-state index is 0. The van der Waals surface area contributed by atoms with Crippen molar-refractivity contribution in [3.05, 3.63) is 86.3 Å². The van der Waals surface area contributed by atoms with Crippen LogP contribution in [0.2, 0.25) is 0 Å². The van der Waals surface area contributed by atoms with Crippen molar-refractivity contribution in [3.63, 3.8) is 0 Å². The van der Waals surface area contributed by atoms with Crippen molar-refractivity contribution in [1.29, 1.82) is 0 Å². The molecule has 2 aromatic heterocycles. The summed E-state index contributed by atoms with van der Waals surface area (Å²) in [5, 5.41) is 13.1. The summed E-state index contributed by atoms with van der Waals surface area (Å²) in [7, 11) is 1.88. The maximum Gasteiger partial charge on any atom is 0.186 e. The summed E-state index contributed by atoms with van der Waals surface area (Å²) in [6, 6.07) is 6.82. The standard InChI is InChI=1S/C18H24N5O.C11H13F2N2.Y/c1-22-16(4-7-21-22)15-10-17(24)14(11-20-15)12-23-9-8-19-13-18(23)5-2-3-6-18;12-7-1-2-10(13)9(5-7)11-6-8(14)3-4-15-11;/h4,7,10-11H,2-3,5-6,8-9,12-13H2,1H3,(H,20,24);1-2,5,8,11H,3-4,6,14H2;/q2*-1;. The second kappa shape index (κ2) is 13.9. The summed E-state index contributed by atoms with van der Waals surface area (Å²) < 4.78 is 28.1. The van der Waals surface area contributed by atoms with Crippen LogP contribution < -0.4 is 11.2 Å². The van der Waals surface area contributed by atoms with E-state index in [1.54, 1.807) is 16.9 Å². The number of nitrogens with two attached hydrogens (primary N) is 1. The molecule has 0 amide bonds. The van der Waals surface area contributed by atoms with Gasteiger partial charge in [0.25, 0.3) is 0 Å². The first kappa shape index (κ1) is 31.1. The SMILES string of the molecule is Cn1nccc1-c1cc(=O)c(CN2CC[N-]CC23CCCC3)c[nH]1.NC1CC[N-]C(c2cc(F)ccc2F)C1.[Y]. The maximum atomic E-state index is 13.4. The molecule has 2 saturated heterocycles. The number of rotatable bonds is 4. The van der Waals surface area contributed by atoms with E-state index in [-0.39, 0.29) is 55.8 Å². The van der Waals surface area contributed by atoms with Crippen LogP contribution in [0.1, 0.15) is 55.7 Å². The number of aryl methyl sites for hydroxylation is 1. The smallest absolute Gasteiger partial charge is 0.186 e. The molecular formula is C29H37F2N7OY-2. The van der Waals surface area contributed by atoms with Crippen LogP contribution in [0.3, 0.4) is 0 Å². The molecule has 1 saturated carbocycles. The van der Waals surface area contributed by atoms with Crippen molar-refractivity contribution in [2.75, 3.05) is 26.2 Å². The van der Waals surface area contributed by atoms with Gasteiger partial charge in [-0.15, -0.1) is 25.7 Å². The number of piperidine rings is 1. The number of halogens is 2. The topological polar surface area (TPSA) is 108 Å². The largest absolute Gasteiger partial charge is 0.660 e. The predicted molar refractivity (Wildman–Crippen MR) is 149 cm³/mol. The number of aromatic nitrogens is 3. The van der Waals surface area contributed by atoms with Gasteiger partial charge >= 0.3 is 0 Å². The first-order valence-corrected chi connectivity index (χ1v) is 13.8. The van der Waals surface area contributed by atoms with Crippen molar-refractivity contribution in [1.82, 2.24) is 19.7 Å². The average Bonchev–Trinajstić information content (AvgIpc) is 3.58. The molecule has 3 fully saturated rings. The van der Waals surface area contributed by atoms with E-state index < -0.39 is 11.6 Å². The van der Waals surface area contributed by atoms with E-state index in [0.717, 1.165) is 61.7 Å². The van der Waals surface area contributed by atoms with Gasteiger partial charge in [0.2, 0.25) is 0 Å². The molecule has 213 valence electrons. The molecule has 2 unspecified atom stereocenters. The number of hydrogen-bond donors (Lipinski definition) is 2. The summed E-state index contributed by atoms with van der Waals surface area (Å²) in [4.78, 5) is 18.4. The predicted octanol–water partition coefficient (Wildman–Crippen LogP) is 4.78. The number of piperazine rings is 1. The molecule has 1 aromatic carbocycles. The van der Waals surface area contributed by atoms with Crippen LogP contribution in [-0.2, 0) is 46.3 Å². The van der Waals surface area contributed by atoms with Crippen LogP contribution in [0, 0.1) is 11.6 Å². The van der Waals surface area contributed by atoms with Crippen LogP contribution in [0.25, 0.3) is 22.0 Å². The number of hydrogen-bond acceptors (Lipinski definition) is 4. The van der Waals surface area contributed by atoms with Gasteiger partial charge in [0.1, 0.15) is 11.6 Å². The Morgan fingerprint density at radius 3 is 2.67 bits per heavy atom. The van der Waals surface area contributed by atoms with Gasteiger partial charge in [-0.25, -0.2) is 8.78 Å². The quantitative estimate of drug-likeness (QED) is 0.435. The summed E-state index contributed by atoms with van der Waals surface area (Å²) in [6.45, 7) is 4.12. The molecule has 11 heteroatoms. The van der Waals surface area contributed by atoms with E-state index in [1.165, 1.54) is 31.7 Å². The second-order valence-electron chi connectivity index (χ2n) is 10.9. The summed E-state index contributed by atoms with van der Waals surface area (Å²) in [5.41, 5.74) is 8.97. The molecule has 2 aliphatic heterocycles. The number of nitrogens with zero attached hydrogens (tertiary/aromatic N) is 5. The Hall–Kier alpha value is -1.82. The Balaban J connectivity index is 0.000000200. The van der Waals surface area contributed by atoms with E-state index in [1.807, 2.05) is 19.3 Å². The van der Waals surface area contributed by atoms with Crippen molar-refractivity contribution in [2.24, 2.45) is 12.8 Å². The first-order valence-electron chi connectivity index (χ1n) is 13.8. The molecule has 3 aliphatic rings. The van der Waals surface area contributed by atoms with E-state index >= 15 is 0 Å². The monoisotopic (exact) mass is 626 g/mol. The summed E-state index contributed by atoms with van der Waals surface area (Å²) in [6.07, 6.45) is 10.0. The molecule has 6 rings (SSSR count). The number of benzene rings is 1. The Kier molecular flexibility index (Phi) is 10.8. The molecule has 1 radical (unpaired) electrons. The van der Waals surface area contributed by atoms with Crippen LogP contribution in [0.5, 0.6) is 0 Å². The molecule has 2 atom stereocenters. The fourth-order valence-corrected chi connectivity index (χ4v) is 6.06. The average molecular weight is 627 g/mol. The molecular weight excluding hydrogens is 589 g/mol. The number of nitrogens with one attached hydrogen (secondary N) is 1. The summed E-state index contributed by atoms with van der Waals surface area (Å²) >= 11 is 0. The molecule has 1 spiro atoms. The van der Waals surface area contributed by atoms with Gasteiger partial charge in [0.05, 0.1) is 11.4 Å². The first-order chi connectivity index (χ1) is 18.8. The fourth-order valence-electron chi connectivity index (χ4n) is 6.06. The van der Waals surface area contributed by atoms with Crippen molar-refractivity contribution < 1.29 is 41.5 Å². The Morgan fingerprint density at radius 2 is 1.98 bits per heavy atom. The number of aromatic amines is 1. The molecule has 0 bridgehead atoms. The number of pyridine rings is 1. The molecule has 40 heavy (non-hydrogen) atoms. The minimum Gasteiger partial charge on any atom is -0.660 e. The van der Waals surface area contributed by atoms with Gasteiger partial charge in [0, 0.05) is 81.9 Å². The third-order valence-electron chi connectivity index (χ3n) is 8.28. The second-order valence-corrected chi connectivity index (χ2v) is 10.9. The molecule has 3 aromatic rings. The van der Waals surface area contributed by atoms with Crippen molar-refractivity contribution >= 4 is 0 Å². The molecule has 3 N–H and O–H groups in total. The summed E-state index contributed by atoms with van der Waals surface area (Å²) in [5.74, 6) is -0.833. The Labute approximate surface area is 259 Å². The van der Waals surface area contributed by atoms with Gasteiger partial charge in [-0.05, 0) is 49.2 Å². The van der Waals surface area contributed by atoms with Gasteiger partial charge < -0.3 is 21.4 Å². The Morgan fingerprint density at radius 1 is 1.18 bits per heavy atom. The maximum absolute atomic E-state index is 13.4. The third-order valence-corrected chi connectivity index (χ3v) is 8.28. The van der Waals surface area contributed by atoms with E-state index in [4.69, 9.17) is 5.73 Å². The van der Waals surface area contributed by atoms with Crippen LogP contribution in [-0.4, -0.2) is 57.4 Å². The van der Waals surface area contributed by atoms with Gasteiger partial charge in [-0.3, -0.25) is 14.4 Å². The van der Waals surface area contributed by atoms with E-state index in [9.17, 15) is 13.6 Å². The molecule has 1 aliphatic carbocycles. The van der Waals surface area contributed by atoms with Gasteiger partial charge in [-0.2, -0.15) is 5.10 Å². The number of H-pyrrole nitrogens is 1. The molecule has 4 heterocycles. The van der Waals surface area contributed by atoms with E-state index in [0.29, 0.717) is 18.5 Å². The molecule has 8 nitrogen and oxygen atoms in total. The Bertz CT molecular complexity index is 1320. The normalized spacial score (nSPS) is 22.4. The fraction of sp³-hybridized carbons (Fsp3) is 0.517. The van der Waals surface area contributed by atoms with Gasteiger partial charge in [-0.1, -0.05) is 25.7 Å². The zero-order chi connectivity index (χ0) is 27.4.